The lowest BCUT2D eigenvalue weighted by atomic mass is 9.96. The van der Waals surface area contributed by atoms with Gasteiger partial charge in [0.1, 0.15) is 29.1 Å². The minimum absolute atomic E-state index is 0.0132. The SMILES string of the molecule is COCC(=O)N1CCC[C@@H](CN2C(Cl)=CN=C(N)/C2=C(/N)c2ccc(C(=O)Nc3cc(C(F)(F)F)ccn3)cc2)C1. The van der Waals surface area contributed by atoms with Gasteiger partial charge in [0.2, 0.25) is 5.91 Å². The molecule has 4 rings (SSSR count). The summed E-state index contributed by atoms with van der Waals surface area (Å²) in [6, 6.07) is 7.69. The quantitative estimate of drug-likeness (QED) is 0.418. The van der Waals surface area contributed by atoms with Gasteiger partial charge >= 0.3 is 6.18 Å². The molecule has 2 aromatic rings. The first-order valence-electron chi connectivity index (χ1n) is 12.7. The predicted octanol–water partition coefficient (Wildman–Crippen LogP) is 3.58. The topological polar surface area (TPSA) is 139 Å². The van der Waals surface area contributed by atoms with Crippen LogP contribution in [0.15, 0.2) is 64.6 Å². The summed E-state index contributed by atoms with van der Waals surface area (Å²) in [6.07, 6.45) is -0.472. The van der Waals surface area contributed by atoms with Crippen LogP contribution in [0.2, 0.25) is 0 Å². The maximum absolute atomic E-state index is 13.0. The minimum atomic E-state index is -4.57. The van der Waals surface area contributed by atoms with E-state index in [1.807, 2.05) is 0 Å². The van der Waals surface area contributed by atoms with Crippen molar-refractivity contribution < 1.29 is 27.5 Å². The molecule has 41 heavy (non-hydrogen) atoms. The van der Waals surface area contributed by atoms with Crippen molar-refractivity contribution in [2.75, 3.05) is 38.7 Å². The van der Waals surface area contributed by atoms with Crippen molar-refractivity contribution in [3.63, 3.8) is 0 Å². The Hall–Kier alpha value is -4.10. The van der Waals surface area contributed by atoms with Crippen molar-refractivity contribution in [3.8, 4) is 0 Å². The van der Waals surface area contributed by atoms with Crippen LogP contribution in [0.25, 0.3) is 5.70 Å². The molecular weight excluding hydrogens is 563 g/mol. The number of rotatable bonds is 7. The number of pyridine rings is 1. The fourth-order valence-electron chi connectivity index (χ4n) is 4.68. The molecule has 1 atom stereocenters. The molecule has 218 valence electrons. The fourth-order valence-corrected chi connectivity index (χ4v) is 4.88. The van der Waals surface area contributed by atoms with E-state index in [0.717, 1.165) is 31.2 Å². The number of nitrogens with zero attached hydrogens (tertiary/aromatic N) is 4. The van der Waals surface area contributed by atoms with Crippen LogP contribution in [0.1, 0.15) is 34.3 Å². The first-order valence-corrected chi connectivity index (χ1v) is 13.0. The van der Waals surface area contributed by atoms with Gasteiger partial charge in [-0.15, -0.1) is 0 Å². The summed E-state index contributed by atoms with van der Waals surface area (Å²) in [7, 11) is 1.48. The molecule has 0 spiro atoms. The number of piperidine rings is 1. The van der Waals surface area contributed by atoms with Crippen LogP contribution in [0, 0.1) is 5.92 Å². The number of benzene rings is 1. The van der Waals surface area contributed by atoms with E-state index < -0.39 is 17.6 Å². The number of alkyl halides is 3. The number of aliphatic imine (C=N–C) groups is 1. The Balaban J connectivity index is 1.52. The molecule has 2 amide bonds. The highest BCUT2D eigenvalue weighted by Gasteiger charge is 2.32. The van der Waals surface area contributed by atoms with Crippen molar-refractivity contribution in [2.24, 2.45) is 22.4 Å². The normalized spacial score (nSPS) is 18.9. The van der Waals surface area contributed by atoms with Crippen molar-refractivity contribution in [1.82, 2.24) is 14.8 Å². The summed E-state index contributed by atoms with van der Waals surface area (Å²) < 4.78 is 43.9. The summed E-state index contributed by atoms with van der Waals surface area (Å²) >= 11 is 6.53. The van der Waals surface area contributed by atoms with Gasteiger partial charge in [0.15, 0.2) is 0 Å². The fraction of sp³-hybridized carbons (Fsp3) is 0.333. The first-order chi connectivity index (χ1) is 19.5. The first kappa shape index (κ1) is 29.9. The average molecular weight is 592 g/mol. The summed E-state index contributed by atoms with van der Waals surface area (Å²) in [5.41, 5.74) is 13.2. The zero-order valence-electron chi connectivity index (χ0n) is 22.1. The number of ether oxygens (including phenoxy) is 1. The molecule has 1 fully saturated rings. The molecule has 0 unspecified atom stereocenters. The van der Waals surface area contributed by atoms with Crippen molar-refractivity contribution in [2.45, 2.75) is 19.0 Å². The molecule has 5 N–H and O–H groups in total. The predicted molar refractivity (Wildman–Crippen MR) is 148 cm³/mol. The van der Waals surface area contributed by atoms with Crippen LogP contribution < -0.4 is 16.8 Å². The number of nitrogens with one attached hydrogen (secondary N) is 1. The standard InChI is InChI=1S/C27H29ClF3N7O3/c1-41-15-22(39)37-10-2-3-16(13-37)14-38-20(28)12-35-25(33)24(38)23(32)17-4-6-18(7-5-17)26(40)36-21-11-19(8-9-34-21)27(29,30)31/h4-9,11-12,16H,2-3,10,13-15,32H2,1H3,(H2,33,35)(H,34,36,40)/b24-23-/t16-/m1/s1. The summed E-state index contributed by atoms with van der Waals surface area (Å²) in [5.74, 6) is -0.736. The molecule has 2 aliphatic heterocycles. The van der Waals surface area contributed by atoms with Crippen LogP contribution in [-0.2, 0) is 15.7 Å². The highest BCUT2D eigenvalue weighted by molar-refractivity contribution is 6.30. The van der Waals surface area contributed by atoms with E-state index in [2.05, 4.69) is 15.3 Å². The number of aromatic nitrogens is 1. The van der Waals surface area contributed by atoms with E-state index in [1.54, 1.807) is 21.9 Å². The smallest absolute Gasteiger partial charge is 0.396 e. The van der Waals surface area contributed by atoms with Crippen LogP contribution in [0.5, 0.6) is 0 Å². The molecule has 1 saturated heterocycles. The van der Waals surface area contributed by atoms with E-state index in [-0.39, 0.29) is 41.3 Å². The van der Waals surface area contributed by atoms with Gasteiger partial charge in [0, 0.05) is 38.5 Å². The molecule has 0 aliphatic carbocycles. The highest BCUT2D eigenvalue weighted by Crippen LogP contribution is 2.31. The number of hydrogen-bond acceptors (Lipinski definition) is 8. The van der Waals surface area contributed by atoms with E-state index >= 15 is 0 Å². The van der Waals surface area contributed by atoms with Gasteiger partial charge < -0.3 is 31.3 Å². The second-order valence-corrected chi connectivity index (χ2v) is 9.97. The Kier molecular flexibility index (Phi) is 9.18. The van der Waals surface area contributed by atoms with Crippen LogP contribution in [-0.4, -0.2) is 65.8 Å². The van der Waals surface area contributed by atoms with Crippen LogP contribution >= 0.6 is 11.6 Å². The average Bonchev–Trinajstić information content (AvgIpc) is 2.95. The second-order valence-electron chi connectivity index (χ2n) is 9.58. The molecule has 0 saturated carbocycles. The van der Waals surface area contributed by atoms with E-state index in [9.17, 15) is 22.8 Å². The Morgan fingerprint density at radius 1 is 1.20 bits per heavy atom. The number of amidine groups is 1. The number of carbonyl (C=O) groups is 2. The lowest BCUT2D eigenvalue weighted by Gasteiger charge is -2.37. The largest absolute Gasteiger partial charge is 0.416 e. The summed E-state index contributed by atoms with van der Waals surface area (Å²) in [5, 5.41) is 2.67. The Bertz CT molecular complexity index is 1390. The molecule has 10 nitrogen and oxygen atoms in total. The van der Waals surface area contributed by atoms with Crippen molar-refractivity contribution in [1.29, 1.82) is 0 Å². The second kappa shape index (κ2) is 12.6. The molecule has 1 aromatic carbocycles. The number of halogens is 4. The van der Waals surface area contributed by atoms with Gasteiger partial charge in [-0.3, -0.25) is 9.59 Å². The van der Waals surface area contributed by atoms with Gasteiger partial charge in [0.25, 0.3) is 5.91 Å². The Morgan fingerprint density at radius 3 is 2.59 bits per heavy atom. The van der Waals surface area contributed by atoms with Gasteiger partial charge in [-0.1, -0.05) is 23.7 Å². The van der Waals surface area contributed by atoms with Crippen molar-refractivity contribution in [3.05, 3.63) is 76.3 Å². The maximum atomic E-state index is 13.0. The molecule has 1 aromatic heterocycles. The zero-order chi connectivity index (χ0) is 29.7. The molecule has 14 heteroatoms. The molecule has 3 heterocycles. The number of methoxy groups -OCH3 is 1. The summed E-state index contributed by atoms with van der Waals surface area (Å²) in [4.78, 5) is 36.5. The Labute approximate surface area is 239 Å². The number of anilines is 1. The third kappa shape index (κ3) is 7.16. The van der Waals surface area contributed by atoms with E-state index in [1.165, 1.54) is 25.4 Å². The number of nitrogens with two attached hydrogens (primary N) is 2. The summed E-state index contributed by atoms with van der Waals surface area (Å²) in [6.45, 7) is 1.63. The monoisotopic (exact) mass is 591 g/mol. The molecular formula is C27H29ClF3N7O3. The number of amides is 2. The third-order valence-corrected chi connectivity index (χ3v) is 7.00. The molecule has 0 radical (unpaired) electrons. The highest BCUT2D eigenvalue weighted by atomic mass is 35.5. The number of likely N-dealkylation sites (tertiary alicyclic amines) is 1. The maximum Gasteiger partial charge on any atom is 0.416 e. The Morgan fingerprint density at radius 2 is 1.90 bits per heavy atom. The lowest BCUT2D eigenvalue weighted by molar-refractivity contribution is -0.138. The van der Waals surface area contributed by atoms with Gasteiger partial charge in [-0.05, 0) is 48.6 Å². The van der Waals surface area contributed by atoms with Crippen LogP contribution in [0.4, 0.5) is 19.0 Å². The molecule has 0 bridgehead atoms. The van der Waals surface area contributed by atoms with E-state index in [4.69, 9.17) is 27.8 Å². The van der Waals surface area contributed by atoms with Gasteiger partial charge in [-0.2, -0.15) is 13.2 Å². The zero-order valence-corrected chi connectivity index (χ0v) is 22.9. The van der Waals surface area contributed by atoms with E-state index in [0.29, 0.717) is 36.1 Å². The number of hydrogen-bond donors (Lipinski definition) is 3. The molecule has 2 aliphatic rings. The third-order valence-electron chi connectivity index (χ3n) is 6.70. The van der Waals surface area contributed by atoms with Crippen LogP contribution in [0.3, 0.4) is 0 Å². The lowest BCUT2D eigenvalue weighted by Crippen LogP contribution is -2.45. The van der Waals surface area contributed by atoms with Gasteiger partial charge in [-0.25, -0.2) is 9.98 Å². The van der Waals surface area contributed by atoms with Crippen molar-refractivity contribution >= 4 is 40.8 Å². The minimum Gasteiger partial charge on any atom is -0.396 e. The van der Waals surface area contributed by atoms with Gasteiger partial charge in [0.05, 0.1) is 17.5 Å². The number of carbonyl (C=O) groups excluding carboxylic acids is 2.